The Hall–Kier alpha value is -0.505. The topological polar surface area (TPSA) is 33.1 Å². The van der Waals surface area contributed by atoms with E-state index in [1.54, 1.807) is 6.07 Å². The van der Waals surface area contributed by atoms with E-state index < -0.39 is 0 Å². The van der Waals surface area contributed by atoms with E-state index in [-0.39, 0.29) is 43.7 Å². The first kappa shape index (κ1) is 13.5. The number of pyridine rings is 1. The first-order valence-electron chi connectivity index (χ1n) is 3.83. The number of fused-ring (bicyclic) bond motifs is 1. The third-order valence-corrected chi connectivity index (χ3v) is 1.84. The van der Waals surface area contributed by atoms with Crippen LogP contribution in [0.4, 0.5) is 0 Å². The number of aromatic hydroxyl groups is 1. The van der Waals surface area contributed by atoms with E-state index in [1.165, 1.54) is 0 Å². The Morgan fingerprint density at radius 3 is 2.57 bits per heavy atom. The minimum atomic E-state index is 0. The molecule has 0 aliphatic rings. The Morgan fingerprint density at radius 2 is 1.86 bits per heavy atom. The molecule has 1 aromatic heterocycles. The van der Waals surface area contributed by atoms with E-state index in [2.05, 4.69) is 4.98 Å². The van der Waals surface area contributed by atoms with E-state index in [4.69, 9.17) is 0 Å². The number of nitrogens with zero attached hydrogens (tertiary/aromatic N) is 1. The fourth-order valence-electron chi connectivity index (χ4n) is 1.23. The summed E-state index contributed by atoms with van der Waals surface area (Å²) in [7, 11) is 0. The summed E-state index contributed by atoms with van der Waals surface area (Å²) >= 11 is 0. The molecule has 14 heavy (non-hydrogen) atoms. The maximum Gasteiger partial charge on any atom is 0.141 e. The van der Waals surface area contributed by atoms with Gasteiger partial charge in [-0.05, 0) is 19.1 Å². The minimum Gasteiger partial charge on any atom is -0.506 e. The van der Waals surface area contributed by atoms with E-state index in [0.29, 0.717) is 5.52 Å². The van der Waals surface area contributed by atoms with Crippen LogP contribution in [0, 0.1) is 6.92 Å². The van der Waals surface area contributed by atoms with Crippen LogP contribution in [0.25, 0.3) is 10.9 Å². The van der Waals surface area contributed by atoms with E-state index >= 15 is 0 Å². The molecular weight excluding hydrogens is 184 g/mol. The third-order valence-electron chi connectivity index (χ3n) is 1.84. The van der Waals surface area contributed by atoms with Crippen LogP contribution >= 0.6 is 0 Å². The molecule has 1 aromatic carbocycles. The summed E-state index contributed by atoms with van der Waals surface area (Å²) in [5.41, 5.74) is 1.60. The Bertz CT molecular complexity index is 433. The summed E-state index contributed by atoms with van der Waals surface area (Å²) in [5, 5.41) is 10.4. The smallest absolute Gasteiger partial charge is 0.141 e. The summed E-state index contributed by atoms with van der Waals surface area (Å²) < 4.78 is 0. The van der Waals surface area contributed by atoms with Gasteiger partial charge in [-0.1, -0.05) is 18.2 Å². The molecule has 2 rings (SSSR count). The number of aromatic nitrogens is 1. The second kappa shape index (κ2) is 5.39. The van der Waals surface area contributed by atoms with Gasteiger partial charge in [0.2, 0.25) is 0 Å². The van der Waals surface area contributed by atoms with Gasteiger partial charge in [-0.25, -0.2) is 4.98 Å². The second-order valence-electron chi connectivity index (χ2n) is 2.80. The molecule has 0 spiro atoms. The van der Waals surface area contributed by atoms with Gasteiger partial charge < -0.3 is 5.11 Å². The number of para-hydroxylation sites is 1. The number of benzene rings is 1. The van der Waals surface area contributed by atoms with E-state index in [9.17, 15) is 5.11 Å². The summed E-state index contributed by atoms with van der Waals surface area (Å²) in [6, 6.07) is 9.28. The Labute approximate surface area is 107 Å². The van der Waals surface area contributed by atoms with E-state index in [1.807, 2.05) is 31.2 Å². The molecule has 0 aliphatic carbocycles. The van der Waals surface area contributed by atoms with Crippen molar-refractivity contribution in [2.24, 2.45) is 0 Å². The average molecular weight is 193 g/mol. The molecule has 0 unspecified atom stereocenters. The molecule has 0 saturated carbocycles. The molecule has 0 amide bonds. The number of aryl methyl sites for hydroxylation is 1. The van der Waals surface area contributed by atoms with E-state index in [0.717, 1.165) is 11.1 Å². The van der Waals surface area contributed by atoms with Crippen LogP contribution in [-0.2, 0) is 0 Å². The van der Waals surface area contributed by atoms with Crippen LogP contribution in [-0.4, -0.2) is 48.1 Å². The van der Waals surface area contributed by atoms with Crippen LogP contribution in [0.5, 0.6) is 5.75 Å². The van der Waals surface area contributed by atoms with Crippen molar-refractivity contribution in [2.45, 2.75) is 6.92 Å². The van der Waals surface area contributed by atoms with Gasteiger partial charge in [0.05, 0.1) is 0 Å². The van der Waals surface area contributed by atoms with Crippen molar-refractivity contribution in [3.63, 3.8) is 0 Å². The summed E-state index contributed by atoms with van der Waals surface area (Å²) in [5.74, 6) is 0.246. The fraction of sp³-hybridized carbons (Fsp3) is 0.100. The molecule has 1 heterocycles. The molecule has 4 heteroatoms. The summed E-state index contributed by atoms with van der Waals surface area (Å²) in [6.07, 6.45) is 0. The maximum atomic E-state index is 9.43. The number of phenolic OH excluding ortho intramolecular Hbond substituents is 1. The predicted molar refractivity (Wildman–Crippen MR) is 59.7 cm³/mol. The van der Waals surface area contributed by atoms with Crippen molar-refractivity contribution in [1.82, 2.24) is 4.98 Å². The number of hydrogen-bond acceptors (Lipinski definition) is 2. The largest absolute Gasteiger partial charge is 0.506 e. The maximum absolute atomic E-state index is 9.43. The molecular formula is C10H9BNNaO. The van der Waals surface area contributed by atoms with Gasteiger partial charge in [-0.2, -0.15) is 0 Å². The Balaban J connectivity index is 0.000000845. The molecule has 2 nitrogen and oxygen atoms in total. The van der Waals surface area contributed by atoms with Gasteiger partial charge >= 0.3 is 0 Å². The molecule has 0 aliphatic heterocycles. The Morgan fingerprint density at radius 1 is 1.14 bits per heavy atom. The van der Waals surface area contributed by atoms with Crippen LogP contribution < -0.4 is 0 Å². The molecule has 0 atom stereocenters. The van der Waals surface area contributed by atoms with Crippen molar-refractivity contribution in [3.05, 3.63) is 36.0 Å². The normalized spacial score (nSPS) is 8.93. The molecule has 0 bridgehead atoms. The SMILES string of the molecule is Cc1ccc2cccc(O)c2n1.[B].[Na]. The fourth-order valence-corrected chi connectivity index (χ4v) is 1.23. The first-order valence-corrected chi connectivity index (χ1v) is 3.83. The number of phenols is 1. The minimum absolute atomic E-state index is 0. The van der Waals surface area contributed by atoms with Crippen molar-refractivity contribution < 1.29 is 5.11 Å². The van der Waals surface area contributed by atoms with Gasteiger partial charge in [-0.3, -0.25) is 0 Å². The van der Waals surface area contributed by atoms with Crippen molar-refractivity contribution in [3.8, 4) is 5.75 Å². The van der Waals surface area contributed by atoms with Crippen molar-refractivity contribution >= 4 is 48.9 Å². The van der Waals surface area contributed by atoms with Crippen molar-refractivity contribution in [1.29, 1.82) is 0 Å². The molecule has 1 N–H and O–H groups in total. The zero-order valence-corrected chi connectivity index (χ0v) is 10.4. The zero-order valence-electron chi connectivity index (χ0n) is 8.36. The average Bonchev–Trinajstić information content (AvgIpc) is 2.07. The quantitative estimate of drug-likeness (QED) is 0.643. The van der Waals surface area contributed by atoms with Crippen molar-refractivity contribution in [2.75, 3.05) is 0 Å². The van der Waals surface area contributed by atoms with Gasteiger partial charge in [0.15, 0.2) is 0 Å². The van der Waals surface area contributed by atoms with Crippen LogP contribution in [0.1, 0.15) is 5.69 Å². The molecule has 0 saturated heterocycles. The third kappa shape index (κ3) is 2.50. The first-order chi connectivity index (χ1) is 5.77. The predicted octanol–water partition coefficient (Wildman–Crippen LogP) is 1.49. The number of hydrogen-bond donors (Lipinski definition) is 1. The Kier molecular flexibility index (Phi) is 5.20. The zero-order chi connectivity index (χ0) is 8.55. The monoisotopic (exact) mass is 193 g/mol. The molecule has 64 valence electrons. The molecule has 2 aromatic rings. The summed E-state index contributed by atoms with van der Waals surface area (Å²) in [4.78, 5) is 4.23. The number of rotatable bonds is 0. The van der Waals surface area contributed by atoms with Gasteiger partial charge in [0.25, 0.3) is 0 Å². The van der Waals surface area contributed by atoms with Gasteiger partial charge in [-0.15, -0.1) is 0 Å². The molecule has 4 radical (unpaired) electrons. The van der Waals surface area contributed by atoms with Crippen LogP contribution in [0.3, 0.4) is 0 Å². The summed E-state index contributed by atoms with van der Waals surface area (Å²) in [6.45, 7) is 1.91. The van der Waals surface area contributed by atoms with Crippen LogP contribution in [0.2, 0.25) is 0 Å². The van der Waals surface area contributed by atoms with Crippen LogP contribution in [0.15, 0.2) is 30.3 Å². The van der Waals surface area contributed by atoms with Gasteiger partial charge in [0.1, 0.15) is 11.3 Å². The standard InChI is InChI=1S/C10H9NO.B.Na/c1-7-5-6-8-3-2-4-9(12)10(8)11-7;;/h2-6,12H,1H3;;. The second-order valence-corrected chi connectivity index (χ2v) is 2.80. The molecule has 0 fully saturated rings. The van der Waals surface area contributed by atoms with Gasteiger partial charge in [0, 0.05) is 49.1 Å².